The molecule has 0 heterocycles. The number of terminal acetylenes is 1. The fraction of sp³-hybridized carbons (Fsp3) is 0.750. The van der Waals surface area contributed by atoms with E-state index in [0.717, 1.165) is 0 Å². The van der Waals surface area contributed by atoms with Gasteiger partial charge in [0.1, 0.15) is 0 Å². The molecule has 0 aromatic heterocycles. The quantitative estimate of drug-likeness (QED) is 0.263. The minimum absolute atomic E-state index is 0. The van der Waals surface area contributed by atoms with Crippen molar-refractivity contribution in [2.75, 3.05) is 40.0 Å². The Morgan fingerprint density at radius 3 is 0.727 bits per heavy atom. The van der Waals surface area contributed by atoms with Crippen molar-refractivity contribution in [1.82, 2.24) is 0 Å². The molecule has 0 saturated heterocycles. The molecule has 0 amide bonds. The van der Waals surface area contributed by atoms with Gasteiger partial charge in [-0.15, -0.1) is 0 Å². The van der Waals surface area contributed by atoms with Crippen molar-refractivity contribution in [3.05, 3.63) is 6.42 Å². The van der Waals surface area contributed by atoms with Gasteiger partial charge >= 0.3 is 0 Å². The summed E-state index contributed by atoms with van der Waals surface area (Å²) in [5.41, 5.74) is 0. The summed E-state index contributed by atoms with van der Waals surface area (Å²) in [7, 11) is 0.241. The molecule has 0 aliphatic rings. The fourth-order valence-corrected chi connectivity index (χ4v) is 0. The predicted molar refractivity (Wildman–Crippen MR) is 60.4 cm³/mol. The van der Waals surface area contributed by atoms with Crippen LogP contribution in [0.4, 0.5) is 0 Å². The van der Waals surface area contributed by atoms with Crippen molar-refractivity contribution >= 4 is 15.8 Å². The molecule has 0 unspecified atom stereocenters. The first kappa shape index (κ1) is 22.7. The van der Waals surface area contributed by atoms with Gasteiger partial charge in [-0.2, -0.15) is 0 Å². The van der Waals surface area contributed by atoms with Gasteiger partial charge in [0.05, 0.1) is 0 Å². The number of hydrogen-bond acceptors (Lipinski definition) is 0. The summed E-state index contributed by atoms with van der Waals surface area (Å²) in [5, 5.41) is 0. The van der Waals surface area contributed by atoms with Crippen LogP contribution in [-0.2, 0) is 16.5 Å². The third-order valence-electron chi connectivity index (χ3n) is 0. The van der Waals surface area contributed by atoms with E-state index in [1.165, 1.54) is 0 Å². The first-order chi connectivity index (χ1) is 4.46. The zero-order valence-electron chi connectivity index (χ0n) is 8.39. The summed E-state index contributed by atoms with van der Waals surface area (Å²) in [5.74, 6) is 0. The topological polar surface area (TPSA) is 0 Å². The molecule has 0 radical (unpaired) electrons. The Hall–Kier alpha value is 0.914. The van der Waals surface area contributed by atoms with E-state index in [0.29, 0.717) is 0 Å². The van der Waals surface area contributed by atoms with Crippen molar-refractivity contribution in [3.8, 4) is 6.42 Å². The minimum Gasteiger partial charge on any atom is -0.697 e. The first-order valence-corrected chi connectivity index (χ1v) is 9.29. The Morgan fingerprint density at radius 2 is 0.727 bits per heavy atom. The van der Waals surface area contributed by atoms with Crippen LogP contribution in [0.15, 0.2) is 0 Å². The summed E-state index contributed by atoms with van der Waals surface area (Å²) in [6.07, 6.45) is 9.00. The molecule has 11 heavy (non-hydrogen) atoms. The zero-order valence-corrected chi connectivity index (χ0v) is 11.4. The smallest absolute Gasteiger partial charge is 0.0461 e. The Bertz CT molecular complexity index is 48.8. The van der Waals surface area contributed by atoms with Crippen LogP contribution in [-0.4, -0.2) is 40.0 Å². The SMILES string of the molecule is C[PH+](C)C.C[PH+](C)C.[C-]#C.[Ni]. The van der Waals surface area contributed by atoms with Crippen LogP contribution in [0, 0.1) is 12.8 Å². The van der Waals surface area contributed by atoms with Crippen LogP contribution in [0.1, 0.15) is 0 Å². The predicted octanol–water partition coefficient (Wildman–Crippen LogP) is 2.38. The maximum absolute atomic E-state index is 5.25. The van der Waals surface area contributed by atoms with Gasteiger partial charge in [-0.3, -0.25) is 0 Å². The summed E-state index contributed by atoms with van der Waals surface area (Å²) in [6.45, 7) is 13.6. The van der Waals surface area contributed by atoms with Crippen molar-refractivity contribution in [3.63, 3.8) is 0 Å². The summed E-state index contributed by atoms with van der Waals surface area (Å²) < 4.78 is 0. The molecule has 0 spiro atoms. The van der Waals surface area contributed by atoms with Gasteiger partial charge in [-0.05, 0) is 15.8 Å². The summed E-state index contributed by atoms with van der Waals surface area (Å²) >= 11 is 0. The van der Waals surface area contributed by atoms with E-state index in [4.69, 9.17) is 6.42 Å². The summed E-state index contributed by atoms with van der Waals surface area (Å²) in [4.78, 5) is 0. The van der Waals surface area contributed by atoms with Crippen molar-refractivity contribution in [2.24, 2.45) is 0 Å². The summed E-state index contributed by atoms with van der Waals surface area (Å²) in [6, 6.07) is 0. The molecule has 0 aliphatic carbocycles. The van der Waals surface area contributed by atoms with Crippen molar-refractivity contribution in [1.29, 1.82) is 0 Å². The second kappa shape index (κ2) is 22.4. The van der Waals surface area contributed by atoms with Crippen molar-refractivity contribution in [2.45, 2.75) is 0 Å². The van der Waals surface area contributed by atoms with E-state index in [2.05, 4.69) is 46.4 Å². The maximum Gasteiger partial charge on any atom is 0.0461 e. The molecule has 0 rings (SSSR count). The second-order valence-electron chi connectivity index (χ2n) is 3.00. The third-order valence-corrected chi connectivity index (χ3v) is 0. The van der Waals surface area contributed by atoms with E-state index in [9.17, 15) is 0 Å². The van der Waals surface area contributed by atoms with Crippen LogP contribution in [0.3, 0.4) is 0 Å². The molecule has 72 valence electrons. The van der Waals surface area contributed by atoms with E-state index in [1.807, 2.05) is 0 Å². The van der Waals surface area contributed by atoms with Gasteiger partial charge < -0.3 is 12.8 Å². The first-order valence-electron chi connectivity index (χ1n) is 3.29. The van der Waals surface area contributed by atoms with Crippen LogP contribution in [0.25, 0.3) is 0 Å². The maximum atomic E-state index is 5.25. The van der Waals surface area contributed by atoms with Gasteiger partial charge in [-0.1, -0.05) is 0 Å². The monoisotopic (exact) mass is 237 g/mol. The minimum atomic E-state index is 0. The van der Waals surface area contributed by atoms with E-state index in [1.54, 1.807) is 0 Å². The largest absolute Gasteiger partial charge is 0.697 e. The molecule has 0 fully saturated rings. The average molecular weight is 238 g/mol. The Kier molecular flexibility index (Phi) is 46.2. The Balaban J connectivity index is -0.0000000339. The zero-order chi connectivity index (χ0) is 9.15. The van der Waals surface area contributed by atoms with Gasteiger partial charge in [0, 0.05) is 56.5 Å². The second-order valence-corrected chi connectivity index (χ2v) is 9.00. The van der Waals surface area contributed by atoms with Crippen LogP contribution < -0.4 is 0 Å². The normalized spacial score (nSPS) is 6.73. The molecule has 3 heteroatoms. The van der Waals surface area contributed by atoms with Crippen LogP contribution in [0.2, 0.25) is 0 Å². The fourth-order valence-electron chi connectivity index (χ4n) is 0. The standard InChI is InChI=1S/2C3H9P.C2H.Ni/c2*1-4(2)3;1-2;/h2*1-3H3;1H;/q;;-1;/p+2. The number of hydrogen-bond donors (Lipinski definition) is 0. The molecular formula is C8H21NiP2+. The van der Waals surface area contributed by atoms with Crippen LogP contribution in [0.5, 0.6) is 0 Å². The molecule has 0 bridgehead atoms. The van der Waals surface area contributed by atoms with Crippen LogP contribution >= 0.6 is 15.8 Å². The third kappa shape index (κ3) is 1040. The Morgan fingerprint density at radius 1 is 0.727 bits per heavy atom. The van der Waals surface area contributed by atoms with Gasteiger partial charge in [0.25, 0.3) is 0 Å². The number of rotatable bonds is 0. The molecule has 0 saturated carbocycles. The van der Waals surface area contributed by atoms with Gasteiger partial charge in [0.15, 0.2) is 0 Å². The molecule has 0 aromatic rings. The molecule has 0 N–H and O–H groups in total. The molecule has 0 aromatic carbocycles. The van der Waals surface area contributed by atoms with E-state index >= 15 is 0 Å². The van der Waals surface area contributed by atoms with E-state index in [-0.39, 0.29) is 32.3 Å². The molecule has 0 aliphatic heterocycles. The van der Waals surface area contributed by atoms with Gasteiger partial charge in [0.2, 0.25) is 0 Å². The molecular weight excluding hydrogens is 217 g/mol. The van der Waals surface area contributed by atoms with Gasteiger partial charge in [-0.25, -0.2) is 0 Å². The molecule has 0 nitrogen and oxygen atoms in total. The average Bonchev–Trinajstić information content (AvgIpc) is 1.66. The Labute approximate surface area is 85.4 Å². The van der Waals surface area contributed by atoms with Crippen molar-refractivity contribution < 1.29 is 16.5 Å². The van der Waals surface area contributed by atoms with E-state index < -0.39 is 0 Å². The molecule has 0 atom stereocenters.